The van der Waals surface area contributed by atoms with E-state index in [1.54, 1.807) is 6.08 Å². The molecule has 2 unspecified atom stereocenters. The van der Waals surface area contributed by atoms with Crippen LogP contribution in [0.3, 0.4) is 0 Å². The van der Waals surface area contributed by atoms with E-state index >= 15 is 0 Å². The average Bonchev–Trinajstić information content (AvgIpc) is 2.14. The molecule has 0 aromatic rings. The number of nitroso groups, excluding NO2 is 1. The maximum atomic E-state index is 9.84. The summed E-state index contributed by atoms with van der Waals surface area (Å²) >= 11 is 5.60. The van der Waals surface area contributed by atoms with Gasteiger partial charge in [0.1, 0.15) is 6.04 Å². The zero-order valence-corrected chi connectivity index (χ0v) is 5.01. The summed E-state index contributed by atoms with van der Waals surface area (Å²) in [6.45, 7) is 0. The SMILES string of the molecule is O=NC1CC=CC1Cl. The first-order valence-corrected chi connectivity index (χ1v) is 2.91. The number of hydrogen-bond acceptors (Lipinski definition) is 2. The van der Waals surface area contributed by atoms with Gasteiger partial charge in [-0.3, -0.25) is 0 Å². The number of hydrogen-bond donors (Lipinski definition) is 0. The van der Waals surface area contributed by atoms with Crippen molar-refractivity contribution in [2.45, 2.75) is 17.8 Å². The van der Waals surface area contributed by atoms with Gasteiger partial charge in [0.2, 0.25) is 0 Å². The summed E-state index contributed by atoms with van der Waals surface area (Å²) in [6, 6.07) is -0.211. The van der Waals surface area contributed by atoms with E-state index in [1.807, 2.05) is 6.08 Å². The molecule has 2 atom stereocenters. The van der Waals surface area contributed by atoms with Gasteiger partial charge in [-0.05, 0) is 6.42 Å². The maximum absolute atomic E-state index is 9.84. The van der Waals surface area contributed by atoms with E-state index in [4.69, 9.17) is 11.6 Å². The summed E-state index contributed by atoms with van der Waals surface area (Å²) in [4.78, 5) is 9.84. The van der Waals surface area contributed by atoms with Gasteiger partial charge in [0.25, 0.3) is 0 Å². The molecule has 0 bridgehead atoms. The molecule has 1 aliphatic rings. The van der Waals surface area contributed by atoms with Crippen LogP contribution in [0.4, 0.5) is 0 Å². The van der Waals surface area contributed by atoms with Crippen molar-refractivity contribution in [1.29, 1.82) is 0 Å². The van der Waals surface area contributed by atoms with E-state index < -0.39 is 0 Å². The third kappa shape index (κ3) is 0.892. The molecule has 0 saturated carbocycles. The molecule has 1 rings (SSSR count). The molecule has 2 nitrogen and oxygen atoms in total. The van der Waals surface area contributed by atoms with E-state index in [0.717, 1.165) is 0 Å². The van der Waals surface area contributed by atoms with Crippen LogP contribution < -0.4 is 0 Å². The summed E-state index contributed by atoms with van der Waals surface area (Å²) in [5, 5.41) is 2.66. The van der Waals surface area contributed by atoms with Gasteiger partial charge >= 0.3 is 0 Å². The molecule has 3 heteroatoms. The minimum absolute atomic E-state index is 0.160. The molecule has 0 aromatic carbocycles. The quantitative estimate of drug-likeness (QED) is 0.303. The molecule has 0 amide bonds. The summed E-state index contributed by atoms with van der Waals surface area (Å²) in [5.74, 6) is 0. The van der Waals surface area contributed by atoms with Crippen LogP contribution in [-0.2, 0) is 0 Å². The fourth-order valence-electron chi connectivity index (χ4n) is 0.707. The van der Waals surface area contributed by atoms with Crippen LogP contribution in [0.1, 0.15) is 6.42 Å². The Morgan fingerprint density at radius 3 is 2.75 bits per heavy atom. The second kappa shape index (κ2) is 2.27. The van der Waals surface area contributed by atoms with E-state index in [-0.39, 0.29) is 11.4 Å². The van der Waals surface area contributed by atoms with Crippen molar-refractivity contribution in [2.24, 2.45) is 5.18 Å². The Hall–Kier alpha value is -0.370. The molecule has 1 aliphatic carbocycles. The molecule has 0 heterocycles. The smallest absolute Gasteiger partial charge is 0.115 e. The van der Waals surface area contributed by atoms with Crippen molar-refractivity contribution in [1.82, 2.24) is 0 Å². The van der Waals surface area contributed by atoms with Gasteiger partial charge in [0.15, 0.2) is 0 Å². The van der Waals surface area contributed by atoms with Crippen molar-refractivity contribution in [3.05, 3.63) is 17.1 Å². The third-order valence-corrected chi connectivity index (χ3v) is 1.64. The topological polar surface area (TPSA) is 29.4 Å². The molecule has 0 fully saturated rings. The van der Waals surface area contributed by atoms with Crippen LogP contribution in [0, 0.1) is 4.91 Å². The molecule has 44 valence electrons. The largest absolute Gasteiger partial charge is 0.150 e. The monoisotopic (exact) mass is 131 g/mol. The maximum Gasteiger partial charge on any atom is 0.115 e. The Kier molecular flexibility index (Phi) is 1.63. The standard InChI is InChI=1S/C5H6ClNO/c6-4-2-1-3-5(4)7-8/h1-2,4-5H,3H2. The molecule has 0 N–H and O–H groups in total. The van der Waals surface area contributed by atoms with Gasteiger partial charge in [0.05, 0.1) is 5.38 Å². The molecule has 0 aromatic heterocycles. The Labute approximate surface area is 52.5 Å². The zero-order chi connectivity index (χ0) is 5.98. The summed E-state index contributed by atoms with van der Waals surface area (Å²) in [6.07, 6.45) is 4.38. The Morgan fingerprint density at radius 1 is 1.75 bits per heavy atom. The van der Waals surface area contributed by atoms with Gasteiger partial charge in [-0.1, -0.05) is 17.3 Å². The zero-order valence-electron chi connectivity index (χ0n) is 4.25. The van der Waals surface area contributed by atoms with Crippen LogP contribution in [0.25, 0.3) is 0 Å². The molecule has 0 aliphatic heterocycles. The minimum atomic E-state index is -0.211. The third-order valence-electron chi connectivity index (χ3n) is 1.20. The highest BCUT2D eigenvalue weighted by atomic mass is 35.5. The van der Waals surface area contributed by atoms with Crippen LogP contribution in [0.5, 0.6) is 0 Å². The highest BCUT2D eigenvalue weighted by molar-refractivity contribution is 6.22. The first kappa shape index (κ1) is 5.76. The summed E-state index contributed by atoms with van der Waals surface area (Å²) in [5.41, 5.74) is 0. The second-order valence-electron chi connectivity index (χ2n) is 1.78. The van der Waals surface area contributed by atoms with Gasteiger partial charge in [0, 0.05) is 0 Å². The van der Waals surface area contributed by atoms with E-state index in [2.05, 4.69) is 5.18 Å². The van der Waals surface area contributed by atoms with Crippen LogP contribution in [0.15, 0.2) is 17.3 Å². The fraction of sp³-hybridized carbons (Fsp3) is 0.600. The second-order valence-corrected chi connectivity index (χ2v) is 2.28. The van der Waals surface area contributed by atoms with E-state index in [0.29, 0.717) is 6.42 Å². The lowest BCUT2D eigenvalue weighted by atomic mass is 10.2. The van der Waals surface area contributed by atoms with Crippen molar-refractivity contribution in [3.63, 3.8) is 0 Å². The van der Waals surface area contributed by atoms with Crippen LogP contribution in [-0.4, -0.2) is 11.4 Å². The van der Waals surface area contributed by atoms with Gasteiger partial charge < -0.3 is 0 Å². The minimum Gasteiger partial charge on any atom is -0.150 e. The first-order valence-electron chi connectivity index (χ1n) is 2.48. The van der Waals surface area contributed by atoms with Crippen molar-refractivity contribution >= 4 is 11.6 Å². The molecular weight excluding hydrogens is 126 g/mol. The molecule has 8 heavy (non-hydrogen) atoms. The average molecular weight is 132 g/mol. The molecule has 0 saturated heterocycles. The normalized spacial score (nSPS) is 35.6. The highest BCUT2D eigenvalue weighted by Crippen LogP contribution is 2.18. The lowest BCUT2D eigenvalue weighted by Crippen LogP contribution is -2.09. The summed E-state index contributed by atoms with van der Waals surface area (Å²) in [7, 11) is 0. The lowest BCUT2D eigenvalue weighted by Gasteiger charge is -1.99. The van der Waals surface area contributed by atoms with Gasteiger partial charge in [-0.25, -0.2) is 0 Å². The van der Waals surface area contributed by atoms with Gasteiger partial charge in [-0.2, -0.15) is 4.91 Å². The van der Waals surface area contributed by atoms with Crippen LogP contribution >= 0.6 is 11.6 Å². The number of nitrogens with zero attached hydrogens (tertiary/aromatic N) is 1. The predicted molar refractivity (Wildman–Crippen MR) is 33.0 cm³/mol. The molecular formula is C5H6ClNO. The lowest BCUT2D eigenvalue weighted by molar-refractivity contribution is 0.734. The van der Waals surface area contributed by atoms with E-state index in [1.165, 1.54) is 0 Å². The highest BCUT2D eigenvalue weighted by Gasteiger charge is 2.20. The van der Waals surface area contributed by atoms with Crippen molar-refractivity contribution < 1.29 is 0 Å². The summed E-state index contributed by atoms with van der Waals surface area (Å²) < 4.78 is 0. The van der Waals surface area contributed by atoms with Crippen LogP contribution in [0.2, 0.25) is 0 Å². The molecule has 0 spiro atoms. The molecule has 0 radical (unpaired) electrons. The van der Waals surface area contributed by atoms with Crippen molar-refractivity contribution in [2.75, 3.05) is 0 Å². The Morgan fingerprint density at radius 2 is 2.50 bits per heavy atom. The Bertz CT molecular complexity index is 124. The number of halogens is 1. The van der Waals surface area contributed by atoms with Crippen molar-refractivity contribution in [3.8, 4) is 0 Å². The first-order chi connectivity index (χ1) is 3.84. The fourth-order valence-corrected chi connectivity index (χ4v) is 0.959. The Balaban J connectivity index is 2.50. The number of alkyl halides is 1. The number of rotatable bonds is 1. The van der Waals surface area contributed by atoms with Gasteiger partial charge in [-0.15, -0.1) is 11.6 Å². The van der Waals surface area contributed by atoms with E-state index in [9.17, 15) is 4.91 Å². The predicted octanol–water partition coefficient (Wildman–Crippen LogP) is 1.69.